The minimum absolute atomic E-state index is 0.528. The van der Waals surface area contributed by atoms with Crippen LogP contribution >= 0.6 is 0 Å². The lowest BCUT2D eigenvalue weighted by Crippen LogP contribution is -2.01. The molecule has 6 heteroatoms. The summed E-state index contributed by atoms with van der Waals surface area (Å²) in [5, 5.41) is 4.56. The standard InChI is InChI=1S/C14H15N5O/c1-8-5-12(18-19-7-9(2)16-13(8)19)11-6-15-10(3)17-14(11)20-4/h5-7H,1-4H3. The van der Waals surface area contributed by atoms with E-state index >= 15 is 0 Å². The molecule has 3 rings (SSSR count). The molecule has 102 valence electrons. The molecule has 20 heavy (non-hydrogen) atoms. The molecule has 0 atom stereocenters. The summed E-state index contributed by atoms with van der Waals surface area (Å²) in [7, 11) is 1.60. The molecule has 0 aromatic carbocycles. The number of hydrogen-bond acceptors (Lipinski definition) is 5. The van der Waals surface area contributed by atoms with E-state index < -0.39 is 0 Å². The van der Waals surface area contributed by atoms with Gasteiger partial charge in [-0.15, -0.1) is 0 Å². The van der Waals surface area contributed by atoms with Crippen LogP contribution in [0.1, 0.15) is 17.1 Å². The smallest absolute Gasteiger partial charge is 0.226 e. The van der Waals surface area contributed by atoms with E-state index in [0.717, 1.165) is 28.2 Å². The van der Waals surface area contributed by atoms with E-state index in [2.05, 4.69) is 20.1 Å². The fourth-order valence-electron chi connectivity index (χ4n) is 2.16. The fourth-order valence-corrected chi connectivity index (χ4v) is 2.16. The van der Waals surface area contributed by atoms with Crippen molar-refractivity contribution in [3.05, 3.63) is 35.5 Å². The van der Waals surface area contributed by atoms with E-state index in [1.165, 1.54) is 0 Å². The van der Waals surface area contributed by atoms with Crippen molar-refractivity contribution in [3.63, 3.8) is 0 Å². The van der Waals surface area contributed by atoms with Gasteiger partial charge >= 0.3 is 0 Å². The van der Waals surface area contributed by atoms with Crippen LogP contribution in [0, 0.1) is 20.8 Å². The monoisotopic (exact) mass is 269 g/mol. The molecule has 0 aliphatic heterocycles. The number of rotatable bonds is 2. The van der Waals surface area contributed by atoms with E-state index in [0.29, 0.717) is 11.7 Å². The SMILES string of the molecule is COc1nc(C)ncc1-c1cc(C)c2nc(C)cn2n1. The Bertz CT molecular complexity index is 794. The number of methoxy groups -OCH3 is 1. The van der Waals surface area contributed by atoms with Crippen molar-refractivity contribution in [1.82, 2.24) is 24.6 Å². The van der Waals surface area contributed by atoms with Crippen LogP contribution in [0.5, 0.6) is 5.88 Å². The zero-order chi connectivity index (χ0) is 14.3. The first-order valence-electron chi connectivity index (χ1n) is 6.30. The van der Waals surface area contributed by atoms with Crippen molar-refractivity contribution < 1.29 is 4.74 Å². The van der Waals surface area contributed by atoms with Gasteiger partial charge in [-0.1, -0.05) is 0 Å². The lowest BCUT2D eigenvalue weighted by molar-refractivity contribution is 0.397. The van der Waals surface area contributed by atoms with Gasteiger partial charge in [-0.25, -0.2) is 14.5 Å². The van der Waals surface area contributed by atoms with E-state index in [1.54, 1.807) is 17.8 Å². The fraction of sp³-hybridized carbons (Fsp3) is 0.286. The first-order chi connectivity index (χ1) is 9.58. The van der Waals surface area contributed by atoms with Gasteiger partial charge in [0, 0.05) is 6.20 Å². The number of fused-ring (bicyclic) bond motifs is 1. The molecule has 0 N–H and O–H groups in total. The van der Waals surface area contributed by atoms with Crippen LogP contribution in [-0.2, 0) is 0 Å². The molecular formula is C14H15N5O. The highest BCUT2D eigenvalue weighted by Crippen LogP contribution is 2.27. The third kappa shape index (κ3) is 1.99. The van der Waals surface area contributed by atoms with Gasteiger partial charge in [-0.2, -0.15) is 10.1 Å². The summed E-state index contributed by atoms with van der Waals surface area (Å²) in [6.07, 6.45) is 3.63. The first-order valence-corrected chi connectivity index (χ1v) is 6.30. The lowest BCUT2D eigenvalue weighted by Gasteiger charge is -2.08. The molecule has 0 spiro atoms. The van der Waals surface area contributed by atoms with Gasteiger partial charge in [0.05, 0.1) is 30.3 Å². The van der Waals surface area contributed by atoms with Crippen LogP contribution in [0.2, 0.25) is 0 Å². The molecule has 0 bridgehead atoms. The topological polar surface area (TPSA) is 65.2 Å². The lowest BCUT2D eigenvalue weighted by atomic mass is 10.2. The summed E-state index contributed by atoms with van der Waals surface area (Å²) in [4.78, 5) is 12.9. The molecule has 0 unspecified atom stereocenters. The Labute approximate surface area is 116 Å². The zero-order valence-electron chi connectivity index (χ0n) is 11.9. The van der Waals surface area contributed by atoms with Crippen LogP contribution in [-0.4, -0.2) is 31.7 Å². The van der Waals surface area contributed by atoms with Crippen molar-refractivity contribution in [2.45, 2.75) is 20.8 Å². The number of ether oxygens (including phenoxy) is 1. The largest absolute Gasteiger partial charge is 0.480 e. The second-order valence-electron chi connectivity index (χ2n) is 4.70. The third-order valence-corrected chi connectivity index (χ3v) is 3.07. The summed E-state index contributed by atoms with van der Waals surface area (Å²) in [5.41, 5.74) is 4.38. The highest BCUT2D eigenvalue weighted by atomic mass is 16.5. The second kappa shape index (κ2) is 4.56. The summed E-state index contributed by atoms with van der Waals surface area (Å²) in [6.45, 7) is 5.78. The van der Waals surface area contributed by atoms with Crippen LogP contribution < -0.4 is 4.74 Å². The number of hydrogen-bond donors (Lipinski definition) is 0. The molecule has 3 aromatic heterocycles. The predicted octanol–water partition coefficient (Wildman–Crippen LogP) is 2.12. The van der Waals surface area contributed by atoms with Crippen LogP contribution in [0.4, 0.5) is 0 Å². The van der Waals surface area contributed by atoms with Gasteiger partial charge < -0.3 is 4.74 Å². The molecule has 0 aliphatic carbocycles. The number of nitrogens with zero attached hydrogens (tertiary/aromatic N) is 5. The first kappa shape index (κ1) is 12.5. The second-order valence-corrected chi connectivity index (χ2v) is 4.70. The van der Waals surface area contributed by atoms with Crippen molar-refractivity contribution in [1.29, 1.82) is 0 Å². The highest BCUT2D eigenvalue weighted by Gasteiger charge is 2.13. The van der Waals surface area contributed by atoms with Crippen LogP contribution in [0.25, 0.3) is 16.9 Å². The van der Waals surface area contributed by atoms with Gasteiger partial charge in [0.1, 0.15) is 5.82 Å². The number of aromatic nitrogens is 5. The molecule has 6 nitrogen and oxygen atoms in total. The van der Waals surface area contributed by atoms with Crippen LogP contribution in [0.3, 0.4) is 0 Å². The minimum atomic E-state index is 0.528. The maximum absolute atomic E-state index is 5.32. The summed E-state index contributed by atoms with van der Waals surface area (Å²) in [5.74, 6) is 1.20. The van der Waals surface area contributed by atoms with Gasteiger partial charge in [0.15, 0.2) is 5.65 Å². The average molecular weight is 269 g/mol. The van der Waals surface area contributed by atoms with E-state index in [4.69, 9.17) is 4.74 Å². The summed E-state index contributed by atoms with van der Waals surface area (Å²) < 4.78 is 7.10. The number of aryl methyl sites for hydroxylation is 3. The van der Waals surface area contributed by atoms with Gasteiger partial charge in [-0.3, -0.25) is 0 Å². The van der Waals surface area contributed by atoms with Gasteiger partial charge in [-0.05, 0) is 32.4 Å². The Morgan fingerprint density at radius 2 is 1.95 bits per heavy atom. The molecule has 0 fully saturated rings. The van der Waals surface area contributed by atoms with Crippen LogP contribution in [0.15, 0.2) is 18.5 Å². The Balaban J connectivity index is 2.24. The minimum Gasteiger partial charge on any atom is -0.480 e. The number of imidazole rings is 1. The molecule has 3 aromatic rings. The third-order valence-electron chi connectivity index (χ3n) is 3.07. The van der Waals surface area contributed by atoms with Crippen molar-refractivity contribution in [2.24, 2.45) is 0 Å². The van der Waals surface area contributed by atoms with Gasteiger partial charge in [0.25, 0.3) is 0 Å². The normalized spacial score (nSPS) is 11.0. The molecule has 3 heterocycles. The molecule has 0 radical (unpaired) electrons. The summed E-state index contributed by atoms with van der Waals surface area (Å²) >= 11 is 0. The maximum atomic E-state index is 5.32. The quantitative estimate of drug-likeness (QED) is 0.713. The van der Waals surface area contributed by atoms with E-state index in [9.17, 15) is 0 Å². The highest BCUT2D eigenvalue weighted by molar-refractivity contribution is 5.66. The molecule has 0 amide bonds. The molecule has 0 aliphatic rings. The van der Waals surface area contributed by atoms with Gasteiger partial charge in [0.2, 0.25) is 5.88 Å². The molecule has 0 saturated carbocycles. The van der Waals surface area contributed by atoms with Crippen molar-refractivity contribution in [2.75, 3.05) is 7.11 Å². The maximum Gasteiger partial charge on any atom is 0.226 e. The summed E-state index contributed by atoms with van der Waals surface area (Å²) in [6, 6.07) is 1.97. The average Bonchev–Trinajstić information content (AvgIpc) is 2.79. The Kier molecular flexibility index (Phi) is 2.85. The molecule has 0 saturated heterocycles. The van der Waals surface area contributed by atoms with E-state index in [-0.39, 0.29) is 0 Å². The molecular weight excluding hydrogens is 254 g/mol. The predicted molar refractivity (Wildman–Crippen MR) is 74.8 cm³/mol. The van der Waals surface area contributed by atoms with Crippen molar-refractivity contribution >= 4 is 5.65 Å². The Morgan fingerprint density at radius 1 is 1.15 bits per heavy atom. The zero-order valence-corrected chi connectivity index (χ0v) is 11.9. The Hall–Kier alpha value is -2.50. The van der Waals surface area contributed by atoms with Crippen molar-refractivity contribution in [3.8, 4) is 17.1 Å². The Morgan fingerprint density at radius 3 is 2.70 bits per heavy atom. The van der Waals surface area contributed by atoms with E-state index in [1.807, 2.05) is 33.0 Å².